The molecule has 9 heteroatoms. The van der Waals surface area contributed by atoms with Gasteiger partial charge >= 0.3 is 0 Å². The van der Waals surface area contributed by atoms with Crippen molar-refractivity contribution in [2.75, 3.05) is 13.2 Å². The molecule has 1 N–H and O–H groups in total. The Morgan fingerprint density at radius 3 is 2.59 bits per heavy atom. The lowest BCUT2D eigenvalue weighted by Crippen LogP contribution is -2.31. The lowest BCUT2D eigenvalue weighted by Gasteiger charge is -2.25. The number of aliphatic hydroxyl groups excluding tert-OH is 1. The Morgan fingerprint density at radius 1 is 1.03 bits per heavy atom. The molecule has 9 nitrogen and oxygen atoms in total. The average Bonchev–Trinajstić information content (AvgIpc) is 3.64. The second-order valence-electron chi connectivity index (χ2n) is 9.75. The van der Waals surface area contributed by atoms with Crippen molar-refractivity contribution in [2.24, 2.45) is 0 Å². The van der Waals surface area contributed by atoms with Crippen molar-refractivity contribution in [1.82, 2.24) is 23.8 Å². The van der Waals surface area contributed by atoms with E-state index < -0.39 is 17.7 Å². The van der Waals surface area contributed by atoms with Gasteiger partial charge in [-0.3, -0.25) is 14.0 Å². The van der Waals surface area contributed by atoms with Crippen LogP contribution < -0.4 is 4.74 Å². The number of benzene rings is 1. The summed E-state index contributed by atoms with van der Waals surface area (Å²) in [5, 5.41) is 11.6. The first-order valence-electron chi connectivity index (χ1n) is 13.4. The fourth-order valence-corrected chi connectivity index (χ4v) is 5.11. The number of ether oxygens (including phenoxy) is 1. The number of Topliss-reactive ketones (excluding diaryl/α,β-unsaturated/α-hetero) is 1. The predicted octanol–water partition coefficient (Wildman–Crippen LogP) is 4.92. The maximum Gasteiger partial charge on any atom is 0.295 e. The molecular weight excluding hydrogens is 494 g/mol. The lowest BCUT2D eigenvalue weighted by molar-refractivity contribution is -0.139. The zero-order chi connectivity index (χ0) is 27.4. The monoisotopic (exact) mass is 527 g/mol. The highest BCUT2D eigenvalue weighted by Crippen LogP contribution is 2.40. The van der Waals surface area contributed by atoms with E-state index in [4.69, 9.17) is 4.74 Å². The van der Waals surface area contributed by atoms with Gasteiger partial charge in [-0.05, 0) is 49.6 Å². The standard InChI is InChI=1S/C30H33N5O4/c1-3-4-7-19-39-23-12-10-22(11-13-23)27-25(28(36)26-21(2)32-24-9-5-6-16-34(24)26)29(37)30(38)35(27)17-8-15-33-18-14-31-20-33/h5-6,9-14,16,18,20,27,36H,3-4,7-8,15,17,19H2,1-2H3. The van der Waals surface area contributed by atoms with Crippen LogP contribution in [0, 0.1) is 6.92 Å². The van der Waals surface area contributed by atoms with Crippen LogP contribution in [0.4, 0.5) is 0 Å². The number of ketones is 1. The Kier molecular flexibility index (Phi) is 7.76. The van der Waals surface area contributed by atoms with Gasteiger partial charge in [0.05, 0.1) is 30.2 Å². The maximum absolute atomic E-state index is 13.5. The van der Waals surface area contributed by atoms with Crippen LogP contribution in [0.1, 0.15) is 55.6 Å². The Morgan fingerprint density at radius 2 is 1.85 bits per heavy atom. The number of aromatic nitrogens is 4. The van der Waals surface area contributed by atoms with Gasteiger partial charge in [-0.15, -0.1) is 0 Å². The molecule has 1 atom stereocenters. The minimum Gasteiger partial charge on any atom is -0.505 e. The van der Waals surface area contributed by atoms with Crippen LogP contribution in [0.25, 0.3) is 11.4 Å². The number of unbranched alkanes of at least 4 members (excludes halogenated alkanes) is 2. The van der Waals surface area contributed by atoms with Crippen LogP contribution in [-0.4, -0.2) is 53.8 Å². The Labute approximate surface area is 227 Å². The highest BCUT2D eigenvalue weighted by Gasteiger charge is 2.46. The molecule has 1 amide bonds. The molecule has 0 aliphatic carbocycles. The van der Waals surface area contributed by atoms with Gasteiger partial charge in [0, 0.05) is 31.7 Å². The summed E-state index contributed by atoms with van der Waals surface area (Å²) in [6.45, 7) is 5.55. The van der Waals surface area contributed by atoms with E-state index in [2.05, 4.69) is 16.9 Å². The van der Waals surface area contributed by atoms with E-state index in [9.17, 15) is 14.7 Å². The van der Waals surface area contributed by atoms with Gasteiger partial charge in [0.2, 0.25) is 0 Å². The lowest BCUT2D eigenvalue weighted by atomic mass is 9.96. The number of likely N-dealkylation sites (tertiary alicyclic amines) is 1. The van der Waals surface area contributed by atoms with Gasteiger partial charge in [0.1, 0.15) is 17.1 Å². The first-order chi connectivity index (χ1) is 19.0. The molecule has 0 radical (unpaired) electrons. The van der Waals surface area contributed by atoms with Gasteiger partial charge in [0.25, 0.3) is 11.7 Å². The number of pyridine rings is 1. The quantitative estimate of drug-likeness (QED) is 0.129. The summed E-state index contributed by atoms with van der Waals surface area (Å²) in [7, 11) is 0. The molecule has 1 aliphatic rings. The van der Waals surface area contributed by atoms with Gasteiger partial charge in [-0.1, -0.05) is 38.0 Å². The molecule has 0 spiro atoms. The summed E-state index contributed by atoms with van der Waals surface area (Å²) in [6.07, 6.45) is 10.9. The minimum atomic E-state index is -0.740. The number of amides is 1. The second kappa shape index (κ2) is 11.6. The molecule has 4 heterocycles. The SMILES string of the molecule is CCCCCOc1ccc(C2C(=C(O)c3c(C)nc4ccccn34)C(=O)C(=O)N2CCCn2ccnc2)cc1. The first-order valence-corrected chi connectivity index (χ1v) is 13.4. The normalized spacial score (nSPS) is 16.9. The molecule has 4 aromatic rings. The van der Waals surface area contributed by atoms with Crippen molar-refractivity contribution in [3.05, 3.63) is 89.9 Å². The summed E-state index contributed by atoms with van der Waals surface area (Å²) in [5.41, 5.74) is 2.41. The number of hydrogen-bond acceptors (Lipinski definition) is 6. The number of aliphatic hydroxyl groups is 1. The van der Waals surface area contributed by atoms with Crippen LogP contribution in [0.5, 0.6) is 5.75 Å². The molecule has 1 aliphatic heterocycles. The third-order valence-corrected chi connectivity index (χ3v) is 7.06. The zero-order valence-electron chi connectivity index (χ0n) is 22.3. The maximum atomic E-state index is 13.5. The summed E-state index contributed by atoms with van der Waals surface area (Å²) >= 11 is 0. The first kappa shape index (κ1) is 26.2. The Balaban J connectivity index is 1.52. The molecule has 3 aromatic heterocycles. The minimum absolute atomic E-state index is 0.0630. The average molecular weight is 528 g/mol. The Hall–Kier alpha value is -4.40. The third-order valence-electron chi connectivity index (χ3n) is 7.06. The van der Waals surface area contributed by atoms with E-state index in [0.29, 0.717) is 43.2 Å². The van der Waals surface area contributed by atoms with E-state index in [0.717, 1.165) is 30.6 Å². The van der Waals surface area contributed by atoms with Crippen LogP contribution in [0.3, 0.4) is 0 Å². The van der Waals surface area contributed by atoms with E-state index in [1.54, 1.807) is 34.9 Å². The molecule has 1 aromatic carbocycles. The molecule has 1 fully saturated rings. The summed E-state index contributed by atoms with van der Waals surface area (Å²) < 4.78 is 9.54. The third kappa shape index (κ3) is 5.30. The number of fused-ring (bicyclic) bond motifs is 1. The van der Waals surface area contributed by atoms with Crippen molar-refractivity contribution in [3.63, 3.8) is 0 Å². The topological polar surface area (TPSA) is 102 Å². The Bertz CT molecular complexity index is 1490. The van der Waals surface area contributed by atoms with Gasteiger partial charge in [0.15, 0.2) is 5.76 Å². The number of rotatable bonds is 11. The number of carbonyl (C=O) groups excluding carboxylic acids is 2. The van der Waals surface area contributed by atoms with E-state index in [1.807, 2.05) is 53.2 Å². The fourth-order valence-electron chi connectivity index (χ4n) is 5.11. The van der Waals surface area contributed by atoms with Crippen LogP contribution in [0.15, 0.2) is 73.0 Å². The van der Waals surface area contributed by atoms with E-state index in [1.165, 1.54) is 0 Å². The molecule has 1 saturated heterocycles. The largest absolute Gasteiger partial charge is 0.505 e. The van der Waals surface area contributed by atoms with Crippen molar-refractivity contribution >= 4 is 23.1 Å². The van der Waals surface area contributed by atoms with Gasteiger partial charge in [-0.2, -0.15) is 0 Å². The molecule has 0 bridgehead atoms. The molecule has 1 unspecified atom stereocenters. The zero-order valence-corrected chi connectivity index (χ0v) is 22.3. The molecule has 202 valence electrons. The van der Waals surface area contributed by atoms with Crippen molar-refractivity contribution in [1.29, 1.82) is 0 Å². The van der Waals surface area contributed by atoms with Crippen LogP contribution in [0.2, 0.25) is 0 Å². The van der Waals surface area contributed by atoms with Crippen LogP contribution in [-0.2, 0) is 16.1 Å². The van der Waals surface area contributed by atoms with Gasteiger partial charge in [-0.25, -0.2) is 9.97 Å². The van der Waals surface area contributed by atoms with E-state index in [-0.39, 0.29) is 11.3 Å². The molecule has 5 rings (SSSR count). The van der Waals surface area contributed by atoms with E-state index >= 15 is 0 Å². The second-order valence-corrected chi connectivity index (χ2v) is 9.75. The van der Waals surface area contributed by atoms with Crippen molar-refractivity contribution in [3.8, 4) is 5.75 Å². The van der Waals surface area contributed by atoms with Crippen molar-refractivity contribution < 1.29 is 19.4 Å². The summed E-state index contributed by atoms with van der Waals surface area (Å²) in [5.74, 6) is -0.833. The van der Waals surface area contributed by atoms with Gasteiger partial charge < -0.3 is 19.3 Å². The molecule has 39 heavy (non-hydrogen) atoms. The summed E-state index contributed by atoms with van der Waals surface area (Å²) in [6, 6.07) is 12.2. The molecule has 0 saturated carbocycles. The number of hydrogen-bond donors (Lipinski definition) is 1. The predicted molar refractivity (Wildman–Crippen MR) is 147 cm³/mol. The summed E-state index contributed by atoms with van der Waals surface area (Å²) in [4.78, 5) is 37.0. The van der Waals surface area contributed by atoms with Crippen LogP contribution >= 0.6 is 0 Å². The fraction of sp³-hybridized carbons (Fsp3) is 0.333. The number of nitrogens with zero attached hydrogens (tertiary/aromatic N) is 5. The number of imidazole rings is 2. The smallest absolute Gasteiger partial charge is 0.295 e. The number of carbonyl (C=O) groups is 2. The highest BCUT2D eigenvalue weighted by atomic mass is 16.5. The van der Waals surface area contributed by atoms with Crippen molar-refractivity contribution in [2.45, 2.75) is 52.1 Å². The molecular formula is C30H33N5O4. The number of aryl methyl sites for hydroxylation is 2. The highest BCUT2D eigenvalue weighted by molar-refractivity contribution is 6.46.